The molecule has 3 N–H and O–H groups in total. The third kappa shape index (κ3) is 3.93. The van der Waals surface area contributed by atoms with Gasteiger partial charge in [0.1, 0.15) is 6.04 Å². The van der Waals surface area contributed by atoms with E-state index in [1.807, 2.05) is 0 Å². The first-order valence-corrected chi connectivity index (χ1v) is 5.54. The molecule has 0 spiro atoms. The second-order valence-electron chi connectivity index (χ2n) is 3.30. The van der Waals surface area contributed by atoms with Crippen molar-refractivity contribution in [3.05, 3.63) is 22.2 Å². The maximum absolute atomic E-state index is 12.4. The molecule has 0 amide bonds. The summed E-state index contributed by atoms with van der Waals surface area (Å²) >= 11 is 2.95. The number of phenols is 1. The Morgan fingerprint density at radius 3 is 2.44 bits per heavy atom. The molecule has 0 fully saturated rings. The number of aromatic hydroxyl groups is 1. The predicted octanol–water partition coefficient (Wildman–Crippen LogP) is 3.54. The second-order valence-corrected chi connectivity index (χ2v) is 4.16. The van der Waals surface area contributed by atoms with E-state index >= 15 is 0 Å². The van der Waals surface area contributed by atoms with Gasteiger partial charge >= 0.3 is 6.18 Å². The van der Waals surface area contributed by atoms with Crippen molar-refractivity contribution in [3.63, 3.8) is 0 Å². The summed E-state index contributed by atoms with van der Waals surface area (Å²) < 4.78 is 42.5. The second kappa shape index (κ2) is 6.49. The van der Waals surface area contributed by atoms with Gasteiger partial charge in [-0.1, -0.05) is 0 Å². The SMILES string of the molecule is CCOc1cc([C@H](N)C(F)(F)F)cc(Br)c1O.Cl. The molecule has 1 aromatic carbocycles. The summed E-state index contributed by atoms with van der Waals surface area (Å²) in [5, 5.41) is 9.54. The molecule has 0 unspecified atom stereocenters. The standard InChI is InChI=1S/C10H11BrF3NO2.ClH/c1-2-17-7-4-5(3-6(11)8(7)16)9(15)10(12,13)14;/h3-4,9,16H,2,15H2,1H3;1H/t9-;/m0./s1. The molecule has 0 saturated carbocycles. The quantitative estimate of drug-likeness (QED) is 0.877. The fourth-order valence-electron chi connectivity index (χ4n) is 1.23. The molecule has 0 saturated heterocycles. The molecular formula is C10H12BrClF3NO2. The number of hydrogen-bond donors (Lipinski definition) is 2. The summed E-state index contributed by atoms with van der Waals surface area (Å²) in [6.07, 6.45) is -4.54. The fourth-order valence-corrected chi connectivity index (χ4v) is 1.69. The minimum absolute atomic E-state index is 0. The average molecular weight is 351 g/mol. The molecule has 0 aliphatic carbocycles. The summed E-state index contributed by atoms with van der Waals surface area (Å²) in [7, 11) is 0. The zero-order chi connectivity index (χ0) is 13.2. The van der Waals surface area contributed by atoms with Crippen molar-refractivity contribution in [2.75, 3.05) is 6.61 Å². The summed E-state index contributed by atoms with van der Waals surface area (Å²) in [6.45, 7) is 1.88. The lowest BCUT2D eigenvalue weighted by molar-refractivity contribution is -0.149. The Morgan fingerprint density at radius 1 is 1.44 bits per heavy atom. The minimum atomic E-state index is -4.54. The van der Waals surface area contributed by atoms with Gasteiger partial charge in [0.05, 0.1) is 11.1 Å². The smallest absolute Gasteiger partial charge is 0.407 e. The summed E-state index contributed by atoms with van der Waals surface area (Å²) in [6, 6.07) is 0.0937. The normalized spacial score (nSPS) is 12.8. The van der Waals surface area contributed by atoms with E-state index in [1.165, 1.54) is 0 Å². The predicted molar refractivity (Wildman–Crippen MR) is 67.2 cm³/mol. The van der Waals surface area contributed by atoms with Crippen LogP contribution in [-0.4, -0.2) is 17.9 Å². The van der Waals surface area contributed by atoms with Crippen LogP contribution < -0.4 is 10.5 Å². The molecule has 0 heterocycles. The zero-order valence-corrected chi connectivity index (χ0v) is 11.7. The molecule has 0 radical (unpaired) electrons. The number of nitrogens with two attached hydrogens (primary N) is 1. The maximum Gasteiger partial charge on any atom is 0.407 e. The Hall–Kier alpha value is -0.660. The van der Waals surface area contributed by atoms with E-state index in [1.54, 1.807) is 6.92 Å². The topological polar surface area (TPSA) is 55.5 Å². The van der Waals surface area contributed by atoms with Crippen molar-refractivity contribution in [2.24, 2.45) is 5.73 Å². The van der Waals surface area contributed by atoms with Gasteiger partial charge < -0.3 is 15.6 Å². The third-order valence-corrected chi connectivity index (χ3v) is 2.67. The van der Waals surface area contributed by atoms with Gasteiger partial charge in [-0.2, -0.15) is 13.2 Å². The molecule has 8 heteroatoms. The van der Waals surface area contributed by atoms with E-state index < -0.39 is 12.2 Å². The number of rotatable bonds is 3. The zero-order valence-electron chi connectivity index (χ0n) is 9.29. The van der Waals surface area contributed by atoms with Crippen molar-refractivity contribution >= 4 is 28.3 Å². The Balaban J connectivity index is 0.00000289. The van der Waals surface area contributed by atoms with Crippen molar-refractivity contribution in [2.45, 2.75) is 19.1 Å². The molecule has 0 bridgehead atoms. The molecule has 0 aliphatic heterocycles. The molecular weight excluding hydrogens is 338 g/mol. The Morgan fingerprint density at radius 2 is 2.00 bits per heavy atom. The number of alkyl halides is 3. The largest absolute Gasteiger partial charge is 0.503 e. The van der Waals surface area contributed by atoms with Crippen LogP contribution in [-0.2, 0) is 0 Å². The van der Waals surface area contributed by atoms with Crippen LogP contribution in [0.25, 0.3) is 0 Å². The molecule has 0 aromatic heterocycles. The first kappa shape index (κ1) is 17.3. The molecule has 3 nitrogen and oxygen atoms in total. The van der Waals surface area contributed by atoms with Crippen molar-refractivity contribution in [3.8, 4) is 11.5 Å². The molecule has 1 atom stereocenters. The Kier molecular flexibility index (Phi) is 6.25. The highest BCUT2D eigenvalue weighted by Crippen LogP contribution is 2.40. The van der Waals surface area contributed by atoms with Crippen LogP contribution in [0.1, 0.15) is 18.5 Å². The average Bonchev–Trinajstić information content (AvgIpc) is 2.22. The van der Waals surface area contributed by atoms with Gasteiger partial charge in [0.25, 0.3) is 0 Å². The molecule has 1 rings (SSSR count). The van der Waals surface area contributed by atoms with Gasteiger partial charge in [-0.3, -0.25) is 0 Å². The summed E-state index contributed by atoms with van der Waals surface area (Å²) in [5.41, 5.74) is 4.90. The van der Waals surface area contributed by atoms with Crippen molar-refractivity contribution in [1.82, 2.24) is 0 Å². The van der Waals surface area contributed by atoms with Crippen LogP contribution in [0.5, 0.6) is 11.5 Å². The highest BCUT2D eigenvalue weighted by molar-refractivity contribution is 9.10. The van der Waals surface area contributed by atoms with Gasteiger partial charge in [-0.25, -0.2) is 0 Å². The monoisotopic (exact) mass is 349 g/mol. The van der Waals surface area contributed by atoms with Crippen molar-refractivity contribution < 1.29 is 23.0 Å². The van der Waals surface area contributed by atoms with Crippen LogP contribution in [0, 0.1) is 0 Å². The first-order chi connectivity index (χ1) is 7.77. The van der Waals surface area contributed by atoms with Crippen LogP contribution in [0.4, 0.5) is 13.2 Å². The summed E-state index contributed by atoms with van der Waals surface area (Å²) in [4.78, 5) is 0. The first-order valence-electron chi connectivity index (χ1n) is 4.74. The Labute approximate surface area is 117 Å². The van der Waals surface area contributed by atoms with Gasteiger partial charge in [0.2, 0.25) is 0 Å². The molecule has 1 aromatic rings. The van der Waals surface area contributed by atoms with Crippen molar-refractivity contribution in [1.29, 1.82) is 0 Å². The van der Waals surface area contributed by atoms with Crippen LogP contribution in [0.15, 0.2) is 16.6 Å². The number of ether oxygens (including phenoxy) is 1. The van der Waals surface area contributed by atoms with E-state index in [2.05, 4.69) is 15.9 Å². The van der Waals surface area contributed by atoms with Gasteiger partial charge in [0.15, 0.2) is 11.5 Å². The Bertz CT molecular complexity index is 415. The number of halogens is 5. The summed E-state index contributed by atoms with van der Waals surface area (Å²) in [5.74, 6) is -0.276. The highest BCUT2D eigenvalue weighted by Gasteiger charge is 2.38. The van der Waals surface area contributed by atoms with Crippen LogP contribution in [0.2, 0.25) is 0 Å². The molecule has 0 aliphatic rings. The highest BCUT2D eigenvalue weighted by atomic mass is 79.9. The molecule has 104 valence electrons. The van der Waals surface area contributed by atoms with E-state index in [0.29, 0.717) is 0 Å². The fraction of sp³-hybridized carbons (Fsp3) is 0.400. The molecule has 18 heavy (non-hydrogen) atoms. The lowest BCUT2D eigenvalue weighted by atomic mass is 10.1. The lowest BCUT2D eigenvalue weighted by Gasteiger charge is -2.18. The van der Waals surface area contributed by atoms with E-state index in [-0.39, 0.29) is 40.5 Å². The number of phenolic OH excluding ortho intramolecular Hbond substituents is 1. The van der Waals surface area contributed by atoms with E-state index in [4.69, 9.17) is 10.5 Å². The number of hydrogen-bond acceptors (Lipinski definition) is 3. The van der Waals surface area contributed by atoms with Crippen LogP contribution >= 0.6 is 28.3 Å². The number of benzene rings is 1. The lowest BCUT2D eigenvalue weighted by Crippen LogP contribution is -2.28. The van der Waals surface area contributed by atoms with Gasteiger partial charge in [-0.05, 0) is 40.5 Å². The van der Waals surface area contributed by atoms with Crippen LogP contribution in [0.3, 0.4) is 0 Å². The van der Waals surface area contributed by atoms with Gasteiger partial charge in [-0.15, -0.1) is 12.4 Å². The maximum atomic E-state index is 12.4. The minimum Gasteiger partial charge on any atom is -0.503 e. The van der Waals surface area contributed by atoms with E-state index in [0.717, 1.165) is 12.1 Å². The third-order valence-electron chi connectivity index (χ3n) is 2.06. The van der Waals surface area contributed by atoms with E-state index in [9.17, 15) is 18.3 Å². The van der Waals surface area contributed by atoms with Gasteiger partial charge in [0, 0.05) is 0 Å².